The van der Waals surface area contributed by atoms with Crippen molar-refractivity contribution in [2.75, 3.05) is 39.9 Å². The summed E-state index contributed by atoms with van der Waals surface area (Å²) in [6, 6.07) is 0. The summed E-state index contributed by atoms with van der Waals surface area (Å²) in [6.45, 7) is 4.73. The molecule has 1 N–H and O–H groups in total. The number of hydrogen-bond acceptors (Lipinski definition) is 3. The molecule has 2 aliphatic heterocycles. The van der Waals surface area contributed by atoms with Gasteiger partial charge in [-0.3, -0.25) is 4.99 Å². The fraction of sp³-hybridized carbons (Fsp3) is 0.857. The van der Waals surface area contributed by atoms with E-state index in [1.165, 1.54) is 38.5 Å². The summed E-state index contributed by atoms with van der Waals surface area (Å²) in [5, 5.41) is 3.56. The Kier molecular flexibility index (Phi) is 11.0. The SMILES string of the molecule is CN=C(NCCC1=CCCCC1)N1CCC(OCC2CCCCO2)CC1.I. The number of aliphatic imine (C=N–C) groups is 1. The molecule has 0 aromatic rings. The van der Waals surface area contributed by atoms with Gasteiger partial charge in [-0.2, -0.15) is 0 Å². The molecule has 3 aliphatic rings. The molecule has 0 radical (unpaired) electrons. The highest BCUT2D eigenvalue weighted by atomic mass is 127. The minimum Gasteiger partial charge on any atom is -0.376 e. The van der Waals surface area contributed by atoms with E-state index in [2.05, 4.69) is 21.3 Å². The molecule has 5 nitrogen and oxygen atoms in total. The van der Waals surface area contributed by atoms with Crippen LogP contribution in [0.15, 0.2) is 16.6 Å². The second-order valence-corrected chi connectivity index (χ2v) is 7.84. The lowest BCUT2D eigenvalue weighted by atomic mass is 9.97. The quantitative estimate of drug-likeness (QED) is 0.263. The van der Waals surface area contributed by atoms with Crippen molar-refractivity contribution < 1.29 is 9.47 Å². The third-order valence-electron chi connectivity index (χ3n) is 5.86. The zero-order valence-corrected chi connectivity index (χ0v) is 19.3. The number of nitrogens with one attached hydrogen (secondary N) is 1. The molecule has 1 atom stereocenters. The predicted octanol–water partition coefficient (Wildman–Crippen LogP) is 4.12. The van der Waals surface area contributed by atoms with Crippen LogP contribution < -0.4 is 5.32 Å². The molecule has 2 heterocycles. The van der Waals surface area contributed by atoms with Gasteiger partial charge in [0, 0.05) is 33.3 Å². The van der Waals surface area contributed by atoms with Gasteiger partial charge < -0.3 is 19.7 Å². The third kappa shape index (κ3) is 7.89. The van der Waals surface area contributed by atoms with Crippen LogP contribution in [-0.2, 0) is 9.47 Å². The molecule has 2 fully saturated rings. The lowest BCUT2D eigenvalue weighted by Crippen LogP contribution is -2.47. The Morgan fingerprint density at radius 1 is 1.22 bits per heavy atom. The normalized spacial score (nSPS) is 24.9. The van der Waals surface area contributed by atoms with Crippen LogP contribution in [0.25, 0.3) is 0 Å². The number of halogens is 1. The molecule has 1 unspecified atom stereocenters. The van der Waals surface area contributed by atoms with Gasteiger partial charge in [-0.1, -0.05) is 11.6 Å². The number of nitrogens with zero attached hydrogens (tertiary/aromatic N) is 2. The van der Waals surface area contributed by atoms with Gasteiger partial charge in [0.15, 0.2) is 5.96 Å². The van der Waals surface area contributed by atoms with Gasteiger partial charge in [-0.05, 0) is 64.2 Å². The Labute approximate surface area is 182 Å². The van der Waals surface area contributed by atoms with Gasteiger partial charge in [0.1, 0.15) is 0 Å². The zero-order chi connectivity index (χ0) is 18.0. The number of rotatable bonds is 6. The fourth-order valence-electron chi connectivity index (χ4n) is 4.22. The van der Waals surface area contributed by atoms with Gasteiger partial charge in [-0.15, -0.1) is 24.0 Å². The maximum Gasteiger partial charge on any atom is 0.193 e. The highest BCUT2D eigenvalue weighted by Gasteiger charge is 2.23. The van der Waals surface area contributed by atoms with Crippen LogP contribution in [0.1, 0.15) is 64.2 Å². The molecule has 0 spiro atoms. The Hall–Kier alpha value is -0.340. The number of piperidine rings is 1. The van der Waals surface area contributed by atoms with Gasteiger partial charge in [-0.25, -0.2) is 0 Å². The van der Waals surface area contributed by atoms with E-state index >= 15 is 0 Å². The number of likely N-dealkylation sites (tertiary alicyclic amines) is 1. The first-order chi connectivity index (χ1) is 12.8. The van der Waals surface area contributed by atoms with Crippen molar-refractivity contribution in [2.24, 2.45) is 4.99 Å². The highest BCUT2D eigenvalue weighted by Crippen LogP contribution is 2.20. The first kappa shape index (κ1) is 22.9. The summed E-state index contributed by atoms with van der Waals surface area (Å²) in [5.74, 6) is 1.05. The first-order valence-corrected chi connectivity index (χ1v) is 10.7. The summed E-state index contributed by atoms with van der Waals surface area (Å²) in [6.07, 6.45) is 15.4. The average Bonchev–Trinajstić information content (AvgIpc) is 2.72. The Bertz CT molecular complexity index is 470. The number of allylic oxidation sites excluding steroid dienone is 1. The van der Waals surface area contributed by atoms with E-state index < -0.39 is 0 Å². The van der Waals surface area contributed by atoms with Crippen LogP contribution in [0.2, 0.25) is 0 Å². The third-order valence-corrected chi connectivity index (χ3v) is 5.86. The van der Waals surface area contributed by atoms with Gasteiger partial charge in [0.2, 0.25) is 0 Å². The molecule has 0 amide bonds. The van der Waals surface area contributed by atoms with E-state index in [4.69, 9.17) is 9.47 Å². The van der Waals surface area contributed by atoms with E-state index in [1.54, 1.807) is 5.57 Å². The molecule has 2 saturated heterocycles. The summed E-state index contributed by atoms with van der Waals surface area (Å²) in [5.41, 5.74) is 1.62. The van der Waals surface area contributed by atoms with Crippen LogP contribution in [0.4, 0.5) is 0 Å². The number of hydrogen-bond donors (Lipinski definition) is 1. The predicted molar refractivity (Wildman–Crippen MR) is 122 cm³/mol. The van der Waals surface area contributed by atoms with Crippen LogP contribution in [0.5, 0.6) is 0 Å². The molecule has 6 heteroatoms. The molecule has 0 saturated carbocycles. The summed E-state index contributed by atoms with van der Waals surface area (Å²) < 4.78 is 11.9. The van der Waals surface area contributed by atoms with Crippen LogP contribution in [0.3, 0.4) is 0 Å². The zero-order valence-electron chi connectivity index (χ0n) is 17.0. The van der Waals surface area contributed by atoms with E-state index in [9.17, 15) is 0 Å². The van der Waals surface area contributed by atoms with Crippen molar-refractivity contribution in [3.8, 4) is 0 Å². The molecule has 0 aromatic heterocycles. The smallest absolute Gasteiger partial charge is 0.193 e. The molecule has 3 rings (SSSR count). The monoisotopic (exact) mass is 491 g/mol. The lowest BCUT2D eigenvalue weighted by Gasteiger charge is -2.35. The molecule has 1 aliphatic carbocycles. The topological polar surface area (TPSA) is 46.1 Å². The number of ether oxygens (including phenoxy) is 2. The van der Waals surface area contributed by atoms with E-state index in [0.717, 1.165) is 64.5 Å². The summed E-state index contributed by atoms with van der Waals surface area (Å²) >= 11 is 0. The van der Waals surface area contributed by atoms with Gasteiger partial charge in [0.05, 0.1) is 18.8 Å². The van der Waals surface area contributed by atoms with Gasteiger partial charge >= 0.3 is 0 Å². The minimum atomic E-state index is 0. The summed E-state index contributed by atoms with van der Waals surface area (Å²) in [4.78, 5) is 6.87. The maximum atomic E-state index is 6.13. The first-order valence-electron chi connectivity index (χ1n) is 10.7. The van der Waals surface area contributed by atoms with E-state index in [1.807, 2.05) is 7.05 Å². The molecule has 156 valence electrons. The fourth-order valence-corrected chi connectivity index (χ4v) is 4.22. The lowest BCUT2D eigenvalue weighted by molar-refractivity contribution is -0.0721. The van der Waals surface area contributed by atoms with Crippen molar-refractivity contribution in [3.63, 3.8) is 0 Å². The van der Waals surface area contributed by atoms with Crippen molar-refractivity contribution >= 4 is 29.9 Å². The summed E-state index contributed by atoms with van der Waals surface area (Å²) in [7, 11) is 1.89. The Balaban J connectivity index is 0.00000261. The Morgan fingerprint density at radius 2 is 2.07 bits per heavy atom. The molecule has 0 aromatic carbocycles. The van der Waals surface area contributed by atoms with Crippen molar-refractivity contribution in [1.82, 2.24) is 10.2 Å². The standard InChI is InChI=1S/C21H37N3O2.HI/c1-22-21(23-13-10-18-7-3-2-4-8-18)24-14-11-19(12-15-24)26-17-20-9-5-6-16-25-20;/h7,19-20H,2-6,8-17H2,1H3,(H,22,23);1H. The van der Waals surface area contributed by atoms with Crippen molar-refractivity contribution in [1.29, 1.82) is 0 Å². The number of guanidine groups is 1. The van der Waals surface area contributed by atoms with Crippen LogP contribution >= 0.6 is 24.0 Å². The largest absolute Gasteiger partial charge is 0.376 e. The average molecular weight is 491 g/mol. The second-order valence-electron chi connectivity index (χ2n) is 7.84. The van der Waals surface area contributed by atoms with E-state index in [0.29, 0.717) is 12.2 Å². The molecular weight excluding hydrogens is 453 g/mol. The second kappa shape index (κ2) is 13.0. The minimum absolute atomic E-state index is 0. The Morgan fingerprint density at radius 3 is 2.74 bits per heavy atom. The van der Waals surface area contributed by atoms with Gasteiger partial charge in [0.25, 0.3) is 0 Å². The van der Waals surface area contributed by atoms with E-state index in [-0.39, 0.29) is 24.0 Å². The van der Waals surface area contributed by atoms with Crippen molar-refractivity contribution in [2.45, 2.75) is 76.4 Å². The van der Waals surface area contributed by atoms with Crippen LogP contribution in [-0.4, -0.2) is 63.0 Å². The van der Waals surface area contributed by atoms with Crippen LogP contribution in [0, 0.1) is 0 Å². The van der Waals surface area contributed by atoms with Crippen molar-refractivity contribution in [3.05, 3.63) is 11.6 Å². The molecular formula is C21H38IN3O2. The molecule has 0 bridgehead atoms. The maximum absolute atomic E-state index is 6.13. The molecule has 27 heavy (non-hydrogen) atoms. The highest BCUT2D eigenvalue weighted by molar-refractivity contribution is 14.0.